The van der Waals surface area contributed by atoms with Gasteiger partial charge in [-0.1, -0.05) is 326 Å². The largest absolute Gasteiger partial charge is 0.462 e. The number of carbonyl (C=O) groups excluding carboxylic acids is 3. The Labute approximate surface area is 472 Å². The fraction of sp³-hybridized carbons (Fsp3) is 0.814. The zero-order chi connectivity index (χ0) is 55.0. The Morgan fingerprint density at radius 3 is 0.803 bits per heavy atom. The normalized spacial score (nSPS) is 12.4. The van der Waals surface area contributed by atoms with Gasteiger partial charge in [0.2, 0.25) is 0 Å². The second-order valence-electron chi connectivity index (χ2n) is 22.4. The van der Waals surface area contributed by atoms with Crippen LogP contribution in [0.3, 0.4) is 0 Å². The number of hydrogen-bond acceptors (Lipinski definition) is 6. The molecule has 0 aromatic carbocycles. The van der Waals surface area contributed by atoms with Crippen LogP contribution >= 0.6 is 0 Å². The first-order chi connectivity index (χ1) is 37.5. The van der Waals surface area contributed by atoms with E-state index in [1.807, 2.05) is 0 Å². The fourth-order valence-electron chi connectivity index (χ4n) is 9.83. The summed E-state index contributed by atoms with van der Waals surface area (Å²) in [6, 6.07) is 0. The van der Waals surface area contributed by atoms with Crippen molar-refractivity contribution in [2.45, 2.75) is 354 Å². The lowest BCUT2D eigenvalue weighted by Crippen LogP contribution is -2.30. The Kier molecular flexibility index (Phi) is 62.2. The van der Waals surface area contributed by atoms with Crippen molar-refractivity contribution >= 4 is 17.9 Å². The highest BCUT2D eigenvalue weighted by Crippen LogP contribution is 2.18. The highest BCUT2D eigenvalue weighted by atomic mass is 16.6. The summed E-state index contributed by atoms with van der Waals surface area (Å²) in [6.07, 6.45) is 82.7. The maximum Gasteiger partial charge on any atom is 0.306 e. The van der Waals surface area contributed by atoms with Crippen molar-refractivity contribution in [2.75, 3.05) is 13.2 Å². The first-order valence-electron chi connectivity index (χ1n) is 33.3. The summed E-state index contributed by atoms with van der Waals surface area (Å²) in [5.41, 5.74) is 0. The van der Waals surface area contributed by atoms with Gasteiger partial charge in [-0.15, -0.1) is 0 Å². The average Bonchev–Trinajstić information content (AvgIpc) is 3.42. The van der Waals surface area contributed by atoms with Crippen molar-refractivity contribution in [3.05, 3.63) is 60.8 Å². The molecule has 0 spiro atoms. The molecule has 1 atom stereocenters. The number of carbonyl (C=O) groups is 3. The first-order valence-corrected chi connectivity index (χ1v) is 33.3. The Balaban J connectivity index is 3.97. The number of unbranched alkanes of at least 4 members (excludes halogenated alkanes) is 40. The molecular formula is C70H126O6. The number of esters is 3. The molecule has 0 radical (unpaired) electrons. The van der Waals surface area contributed by atoms with Crippen LogP contribution in [0.5, 0.6) is 0 Å². The van der Waals surface area contributed by atoms with Crippen LogP contribution in [0, 0.1) is 0 Å². The zero-order valence-electron chi connectivity index (χ0n) is 50.8. The van der Waals surface area contributed by atoms with Crippen LogP contribution in [-0.4, -0.2) is 37.2 Å². The lowest BCUT2D eigenvalue weighted by atomic mass is 10.0. The van der Waals surface area contributed by atoms with Gasteiger partial charge in [0.25, 0.3) is 0 Å². The summed E-state index contributed by atoms with van der Waals surface area (Å²) in [4.78, 5) is 38.1. The van der Waals surface area contributed by atoms with E-state index in [1.54, 1.807) is 0 Å². The summed E-state index contributed by atoms with van der Waals surface area (Å²) in [5.74, 6) is -0.849. The summed E-state index contributed by atoms with van der Waals surface area (Å²) < 4.78 is 16.9. The zero-order valence-corrected chi connectivity index (χ0v) is 50.8. The molecule has 0 aromatic heterocycles. The maximum atomic E-state index is 12.8. The van der Waals surface area contributed by atoms with E-state index in [0.717, 1.165) is 89.9 Å². The number of allylic oxidation sites excluding steroid dienone is 10. The molecule has 0 saturated carbocycles. The minimum absolute atomic E-state index is 0.0667. The molecule has 0 aliphatic carbocycles. The van der Waals surface area contributed by atoms with E-state index in [-0.39, 0.29) is 31.1 Å². The lowest BCUT2D eigenvalue weighted by Gasteiger charge is -2.18. The van der Waals surface area contributed by atoms with Crippen molar-refractivity contribution in [2.24, 2.45) is 0 Å². The van der Waals surface area contributed by atoms with Gasteiger partial charge in [0.05, 0.1) is 0 Å². The van der Waals surface area contributed by atoms with Crippen LogP contribution in [0.4, 0.5) is 0 Å². The van der Waals surface area contributed by atoms with Crippen molar-refractivity contribution in [3.63, 3.8) is 0 Å². The molecule has 1 unspecified atom stereocenters. The molecule has 0 bridgehead atoms. The molecule has 0 heterocycles. The van der Waals surface area contributed by atoms with Crippen molar-refractivity contribution in [1.82, 2.24) is 0 Å². The third-order valence-corrected chi connectivity index (χ3v) is 14.8. The molecule has 76 heavy (non-hydrogen) atoms. The van der Waals surface area contributed by atoms with Crippen molar-refractivity contribution < 1.29 is 28.6 Å². The second-order valence-corrected chi connectivity index (χ2v) is 22.4. The summed E-state index contributed by atoms with van der Waals surface area (Å²) >= 11 is 0. The molecule has 0 rings (SSSR count). The van der Waals surface area contributed by atoms with Crippen LogP contribution in [-0.2, 0) is 28.6 Å². The van der Waals surface area contributed by atoms with E-state index in [0.29, 0.717) is 19.3 Å². The Morgan fingerprint density at radius 1 is 0.276 bits per heavy atom. The van der Waals surface area contributed by atoms with E-state index >= 15 is 0 Å². The minimum atomic E-state index is -0.766. The number of rotatable bonds is 61. The molecule has 6 nitrogen and oxygen atoms in total. The quantitative estimate of drug-likeness (QED) is 0.0261. The predicted octanol–water partition coefficient (Wildman–Crippen LogP) is 22.7. The molecule has 0 N–H and O–H groups in total. The summed E-state index contributed by atoms with van der Waals surface area (Å²) in [6.45, 7) is 6.54. The van der Waals surface area contributed by atoms with E-state index in [2.05, 4.69) is 81.5 Å². The van der Waals surface area contributed by atoms with Gasteiger partial charge in [0.15, 0.2) is 6.10 Å². The third kappa shape index (κ3) is 62.0. The predicted molar refractivity (Wildman–Crippen MR) is 330 cm³/mol. The number of hydrogen-bond donors (Lipinski definition) is 0. The van der Waals surface area contributed by atoms with Gasteiger partial charge in [-0.05, 0) is 64.2 Å². The van der Waals surface area contributed by atoms with Gasteiger partial charge < -0.3 is 14.2 Å². The van der Waals surface area contributed by atoms with Crippen LogP contribution in [0.1, 0.15) is 348 Å². The van der Waals surface area contributed by atoms with Gasteiger partial charge in [0, 0.05) is 19.3 Å². The van der Waals surface area contributed by atoms with E-state index in [4.69, 9.17) is 14.2 Å². The topological polar surface area (TPSA) is 78.9 Å². The summed E-state index contributed by atoms with van der Waals surface area (Å²) in [7, 11) is 0. The SMILES string of the molecule is CC/C=C\C/C=C\C/C=C\C/C=C\C/C=C\CCCCCCCCCCCCCCCCCCCCCC(=O)OCC(COC(=O)CCCCCCCCCC)OC(=O)CCCCCCCCCCCCCCCCC. The fourth-order valence-corrected chi connectivity index (χ4v) is 9.83. The molecule has 0 saturated heterocycles. The first kappa shape index (κ1) is 73.1. The highest BCUT2D eigenvalue weighted by molar-refractivity contribution is 5.71. The van der Waals surface area contributed by atoms with Crippen LogP contribution in [0.2, 0.25) is 0 Å². The smallest absolute Gasteiger partial charge is 0.306 e. The van der Waals surface area contributed by atoms with Crippen molar-refractivity contribution in [1.29, 1.82) is 0 Å². The molecule has 0 fully saturated rings. The minimum Gasteiger partial charge on any atom is -0.462 e. The van der Waals surface area contributed by atoms with Crippen LogP contribution < -0.4 is 0 Å². The van der Waals surface area contributed by atoms with Gasteiger partial charge in [-0.3, -0.25) is 14.4 Å². The standard InChI is InChI=1S/C70H126O6/c1-4-7-10-13-16-19-21-23-25-26-27-28-29-30-31-32-33-34-35-36-37-38-39-40-41-42-43-44-46-47-49-51-54-57-60-63-69(72)75-66-67(65-74-68(71)62-59-56-53-18-15-12-9-6-3)76-70(73)64-61-58-55-52-50-48-45-24-22-20-17-14-11-8-5-2/h7,10,16,19,23,25,27-28,30-31,67H,4-6,8-9,11-15,17-18,20-22,24,26,29,32-66H2,1-3H3/b10-7-,19-16-,25-23-,28-27-,31-30-. The maximum absolute atomic E-state index is 12.8. The molecule has 442 valence electrons. The van der Waals surface area contributed by atoms with Gasteiger partial charge in [-0.25, -0.2) is 0 Å². The Morgan fingerprint density at radius 2 is 0.513 bits per heavy atom. The molecular weight excluding hydrogens is 937 g/mol. The van der Waals surface area contributed by atoms with Gasteiger partial charge >= 0.3 is 17.9 Å². The van der Waals surface area contributed by atoms with Gasteiger partial charge in [-0.2, -0.15) is 0 Å². The number of ether oxygens (including phenoxy) is 3. The molecule has 0 aliphatic heterocycles. The summed E-state index contributed by atoms with van der Waals surface area (Å²) in [5, 5.41) is 0. The van der Waals surface area contributed by atoms with Crippen LogP contribution in [0.25, 0.3) is 0 Å². The molecule has 0 amide bonds. The van der Waals surface area contributed by atoms with E-state index in [1.165, 1.54) is 218 Å². The van der Waals surface area contributed by atoms with E-state index < -0.39 is 6.10 Å². The monoisotopic (exact) mass is 1060 g/mol. The second kappa shape index (κ2) is 64.6. The third-order valence-electron chi connectivity index (χ3n) is 14.8. The average molecular weight is 1060 g/mol. The molecule has 0 aliphatic rings. The van der Waals surface area contributed by atoms with E-state index in [9.17, 15) is 14.4 Å². The lowest BCUT2D eigenvalue weighted by molar-refractivity contribution is -0.167. The van der Waals surface area contributed by atoms with Crippen LogP contribution in [0.15, 0.2) is 60.8 Å². The molecule has 0 aromatic rings. The molecule has 6 heteroatoms. The Bertz CT molecular complexity index is 1360. The van der Waals surface area contributed by atoms with Gasteiger partial charge in [0.1, 0.15) is 13.2 Å². The Hall–Kier alpha value is -2.89. The van der Waals surface area contributed by atoms with Crippen molar-refractivity contribution in [3.8, 4) is 0 Å². The highest BCUT2D eigenvalue weighted by Gasteiger charge is 2.19.